The number of carbonyl (C=O) groups excluding carboxylic acids is 1. The van der Waals surface area contributed by atoms with Gasteiger partial charge in [-0.25, -0.2) is 4.98 Å². The third-order valence-electron chi connectivity index (χ3n) is 3.95. The van der Waals surface area contributed by atoms with Gasteiger partial charge in [-0.2, -0.15) is 0 Å². The highest BCUT2D eigenvalue weighted by Gasteiger charge is 2.26. The number of rotatable bonds is 3. The number of piperidine rings is 1. The maximum absolute atomic E-state index is 12.5. The van der Waals surface area contributed by atoms with Gasteiger partial charge in [-0.1, -0.05) is 6.07 Å². The lowest BCUT2D eigenvalue weighted by Gasteiger charge is -2.32. The summed E-state index contributed by atoms with van der Waals surface area (Å²) < 4.78 is 0. The van der Waals surface area contributed by atoms with Gasteiger partial charge in [0.25, 0.3) is 5.91 Å². The van der Waals surface area contributed by atoms with Crippen LogP contribution in [0.25, 0.3) is 0 Å². The van der Waals surface area contributed by atoms with Gasteiger partial charge < -0.3 is 10.2 Å². The van der Waals surface area contributed by atoms with Crippen LogP contribution in [0, 0.1) is 0 Å². The van der Waals surface area contributed by atoms with Crippen LogP contribution in [-0.4, -0.2) is 35.9 Å². The standard InChI is InChI=1S/C16H19N3OS/c1-17-15-10-12(6-7-18-15)13-4-2-8-19(11-13)16(20)14-5-3-9-21-14/h3,5-7,9-10,13H,2,4,8,11H2,1H3,(H,17,18). The van der Waals surface area contributed by atoms with Crippen molar-refractivity contribution in [1.29, 1.82) is 0 Å². The van der Waals surface area contributed by atoms with Crippen molar-refractivity contribution in [3.8, 4) is 0 Å². The molecule has 1 aliphatic rings. The van der Waals surface area contributed by atoms with Crippen molar-refractivity contribution < 1.29 is 4.79 Å². The normalized spacial score (nSPS) is 18.5. The number of hydrogen-bond donors (Lipinski definition) is 1. The Balaban J connectivity index is 1.75. The first-order valence-corrected chi connectivity index (χ1v) is 8.12. The number of anilines is 1. The maximum Gasteiger partial charge on any atom is 0.263 e. The van der Waals surface area contributed by atoms with Crippen molar-refractivity contribution in [2.75, 3.05) is 25.5 Å². The van der Waals surface area contributed by atoms with E-state index in [1.807, 2.05) is 35.7 Å². The molecule has 0 spiro atoms. The van der Waals surface area contributed by atoms with Crippen molar-refractivity contribution in [2.45, 2.75) is 18.8 Å². The zero-order chi connectivity index (χ0) is 14.7. The monoisotopic (exact) mass is 301 g/mol. The molecular weight excluding hydrogens is 282 g/mol. The number of amides is 1. The van der Waals surface area contributed by atoms with E-state index in [1.54, 1.807) is 0 Å². The first-order chi connectivity index (χ1) is 10.3. The van der Waals surface area contributed by atoms with Gasteiger partial charge in [-0.05, 0) is 42.0 Å². The lowest BCUT2D eigenvalue weighted by atomic mass is 9.91. The van der Waals surface area contributed by atoms with Crippen molar-refractivity contribution in [3.63, 3.8) is 0 Å². The van der Waals surface area contributed by atoms with Crippen molar-refractivity contribution in [3.05, 3.63) is 46.3 Å². The summed E-state index contributed by atoms with van der Waals surface area (Å²) in [6, 6.07) is 7.98. The summed E-state index contributed by atoms with van der Waals surface area (Å²) in [5.74, 6) is 1.45. The van der Waals surface area contributed by atoms with E-state index in [0.29, 0.717) is 5.92 Å². The van der Waals surface area contributed by atoms with E-state index in [4.69, 9.17) is 0 Å². The summed E-state index contributed by atoms with van der Waals surface area (Å²) in [5, 5.41) is 5.03. The quantitative estimate of drug-likeness (QED) is 0.947. The molecule has 0 saturated carbocycles. The number of pyridine rings is 1. The number of aromatic nitrogens is 1. The SMILES string of the molecule is CNc1cc(C2CCCN(C(=O)c3cccs3)C2)ccn1. The van der Waals surface area contributed by atoms with Crippen LogP contribution >= 0.6 is 11.3 Å². The number of nitrogens with one attached hydrogen (secondary N) is 1. The van der Waals surface area contributed by atoms with Gasteiger partial charge in [-0.3, -0.25) is 4.79 Å². The molecular formula is C16H19N3OS. The van der Waals surface area contributed by atoms with Crippen molar-refractivity contribution >= 4 is 23.1 Å². The number of carbonyl (C=O) groups is 1. The summed E-state index contributed by atoms with van der Waals surface area (Å²) in [4.78, 5) is 19.6. The topological polar surface area (TPSA) is 45.2 Å². The molecule has 0 aliphatic carbocycles. The third kappa shape index (κ3) is 3.08. The van der Waals surface area contributed by atoms with Crippen LogP contribution in [0.5, 0.6) is 0 Å². The van der Waals surface area contributed by atoms with Crippen LogP contribution in [-0.2, 0) is 0 Å². The number of likely N-dealkylation sites (tertiary alicyclic amines) is 1. The highest BCUT2D eigenvalue weighted by molar-refractivity contribution is 7.12. The second-order valence-corrected chi connectivity index (χ2v) is 6.24. The summed E-state index contributed by atoms with van der Waals surface area (Å²) in [6.07, 6.45) is 4.02. The minimum atomic E-state index is 0.164. The summed E-state index contributed by atoms with van der Waals surface area (Å²) >= 11 is 1.52. The fraction of sp³-hybridized carbons (Fsp3) is 0.375. The van der Waals surface area contributed by atoms with Gasteiger partial charge >= 0.3 is 0 Å². The first kappa shape index (κ1) is 14.1. The van der Waals surface area contributed by atoms with Gasteiger partial charge in [0.2, 0.25) is 0 Å². The van der Waals surface area contributed by atoms with E-state index in [0.717, 1.165) is 36.6 Å². The number of thiophene rings is 1. The van der Waals surface area contributed by atoms with Crippen molar-refractivity contribution in [2.24, 2.45) is 0 Å². The zero-order valence-electron chi connectivity index (χ0n) is 12.1. The molecule has 0 aromatic carbocycles. The predicted molar refractivity (Wildman–Crippen MR) is 86.0 cm³/mol. The average molecular weight is 301 g/mol. The highest BCUT2D eigenvalue weighted by atomic mass is 32.1. The minimum absolute atomic E-state index is 0.164. The number of nitrogens with zero attached hydrogens (tertiary/aromatic N) is 2. The fourth-order valence-corrected chi connectivity index (χ4v) is 3.52. The van der Waals surface area contributed by atoms with E-state index in [1.165, 1.54) is 16.9 Å². The molecule has 4 nitrogen and oxygen atoms in total. The van der Waals surface area contributed by atoms with E-state index < -0.39 is 0 Å². The Morgan fingerprint density at radius 1 is 1.48 bits per heavy atom. The van der Waals surface area contributed by atoms with E-state index in [2.05, 4.69) is 22.4 Å². The zero-order valence-corrected chi connectivity index (χ0v) is 12.9. The third-order valence-corrected chi connectivity index (χ3v) is 4.81. The Morgan fingerprint density at radius 2 is 2.38 bits per heavy atom. The van der Waals surface area contributed by atoms with Crippen LogP contribution in [0.2, 0.25) is 0 Å². The number of hydrogen-bond acceptors (Lipinski definition) is 4. The van der Waals surface area contributed by atoms with Gasteiger partial charge in [0.05, 0.1) is 4.88 Å². The lowest BCUT2D eigenvalue weighted by molar-refractivity contribution is 0.0712. The van der Waals surface area contributed by atoms with Crippen LogP contribution in [0.3, 0.4) is 0 Å². The first-order valence-electron chi connectivity index (χ1n) is 7.24. The van der Waals surface area contributed by atoms with Crippen LogP contribution in [0.1, 0.15) is 34.0 Å². The molecule has 0 bridgehead atoms. The lowest BCUT2D eigenvalue weighted by Crippen LogP contribution is -2.38. The van der Waals surface area contributed by atoms with E-state index in [9.17, 15) is 4.79 Å². The Bertz CT molecular complexity index is 612. The molecule has 1 unspecified atom stereocenters. The van der Waals surface area contributed by atoms with Crippen LogP contribution in [0.15, 0.2) is 35.8 Å². The van der Waals surface area contributed by atoms with E-state index >= 15 is 0 Å². The van der Waals surface area contributed by atoms with Crippen LogP contribution < -0.4 is 5.32 Å². The summed E-state index contributed by atoms with van der Waals surface area (Å²) in [6.45, 7) is 1.65. The van der Waals surface area contributed by atoms with Gasteiger partial charge in [-0.15, -0.1) is 11.3 Å². The minimum Gasteiger partial charge on any atom is -0.373 e. The molecule has 3 rings (SSSR count). The van der Waals surface area contributed by atoms with Crippen LogP contribution in [0.4, 0.5) is 5.82 Å². The molecule has 5 heteroatoms. The molecule has 1 N–H and O–H groups in total. The molecule has 1 saturated heterocycles. The molecule has 2 aromatic rings. The van der Waals surface area contributed by atoms with Gasteiger partial charge in [0.15, 0.2) is 0 Å². The molecule has 1 fully saturated rings. The molecule has 1 amide bonds. The van der Waals surface area contributed by atoms with Gasteiger partial charge in [0.1, 0.15) is 5.82 Å². The smallest absolute Gasteiger partial charge is 0.263 e. The molecule has 3 heterocycles. The second-order valence-electron chi connectivity index (χ2n) is 5.29. The summed E-state index contributed by atoms with van der Waals surface area (Å²) in [5.41, 5.74) is 1.26. The van der Waals surface area contributed by atoms with E-state index in [-0.39, 0.29) is 5.91 Å². The molecule has 0 radical (unpaired) electrons. The highest BCUT2D eigenvalue weighted by Crippen LogP contribution is 2.29. The largest absolute Gasteiger partial charge is 0.373 e. The Hall–Kier alpha value is -1.88. The fourth-order valence-electron chi connectivity index (χ4n) is 2.83. The van der Waals surface area contributed by atoms with Gasteiger partial charge in [0, 0.05) is 32.3 Å². The average Bonchev–Trinajstić information content (AvgIpc) is 3.09. The predicted octanol–water partition coefficient (Wildman–Crippen LogP) is 3.20. The molecule has 1 aliphatic heterocycles. The Morgan fingerprint density at radius 3 is 3.14 bits per heavy atom. The Labute approximate surface area is 128 Å². The molecule has 21 heavy (non-hydrogen) atoms. The molecule has 1 atom stereocenters. The van der Waals surface area contributed by atoms with Crippen molar-refractivity contribution in [1.82, 2.24) is 9.88 Å². The summed E-state index contributed by atoms with van der Waals surface area (Å²) in [7, 11) is 1.87. The second kappa shape index (κ2) is 6.26. The molecule has 110 valence electrons. The molecule has 2 aromatic heterocycles. The maximum atomic E-state index is 12.5. The Kier molecular flexibility index (Phi) is 4.20.